The predicted molar refractivity (Wildman–Crippen MR) is 63.1 cm³/mol. The highest BCUT2D eigenvalue weighted by molar-refractivity contribution is 7.18. The molecule has 1 saturated heterocycles. The van der Waals surface area contributed by atoms with Crippen molar-refractivity contribution in [2.24, 2.45) is 0 Å². The van der Waals surface area contributed by atoms with Crippen molar-refractivity contribution < 1.29 is 25.2 Å². The number of ether oxygens (including phenoxy) is 1. The summed E-state index contributed by atoms with van der Waals surface area (Å²) in [6, 6.07) is 0. The molecule has 2 aromatic rings. The van der Waals surface area contributed by atoms with Crippen LogP contribution in [0.2, 0.25) is 0 Å². The number of fused-ring (bicyclic) bond motifs is 1. The highest BCUT2D eigenvalue weighted by atomic mass is 32.1. The van der Waals surface area contributed by atoms with Crippen LogP contribution in [0.4, 0.5) is 0 Å². The molecular weight excluding hydrogens is 274 g/mol. The molecule has 1 aliphatic rings. The molecule has 9 heteroatoms. The SMILES string of the molecule is OC[C@H]1O[C@](O)(c2nc3ncncc3s2)[C@H](O)[C@@H]1O. The average molecular weight is 285 g/mol. The third-order valence-corrected chi connectivity index (χ3v) is 4.08. The van der Waals surface area contributed by atoms with Crippen molar-refractivity contribution in [3.63, 3.8) is 0 Å². The van der Waals surface area contributed by atoms with Crippen LogP contribution in [0.3, 0.4) is 0 Å². The van der Waals surface area contributed by atoms with Gasteiger partial charge in [-0.3, -0.25) is 0 Å². The van der Waals surface area contributed by atoms with Gasteiger partial charge in [0.1, 0.15) is 24.6 Å². The fourth-order valence-corrected chi connectivity index (χ4v) is 2.93. The van der Waals surface area contributed by atoms with Crippen molar-refractivity contribution in [3.05, 3.63) is 17.5 Å². The molecule has 0 aromatic carbocycles. The van der Waals surface area contributed by atoms with E-state index in [0.717, 1.165) is 11.3 Å². The van der Waals surface area contributed by atoms with Gasteiger partial charge in [0.15, 0.2) is 10.7 Å². The fourth-order valence-electron chi connectivity index (χ4n) is 1.97. The van der Waals surface area contributed by atoms with Crippen LogP contribution in [0.1, 0.15) is 5.01 Å². The molecule has 4 atom stereocenters. The Labute approximate surface area is 111 Å². The van der Waals surface area contributed by atoms with Crippen molar-refractivity contribution in [2.75, 3.05) is 6.61 Å². The number of aliphatic hydroxyl groups is 4. The second kappa shape index (κ2) is 4.40. The Kier molecular flexibility index (Phi) is 2.96. The van der Waals surface area contributed by atoms with E-state index in [1.165, 1.54) is 12.5 Å². The van der Waals surface area contributed by atoms with Gasteiger partial charge in [0.05, 0.1) is 11.3 Å². The van der Waals surface area contributed by atoms with Crippen LogP contribution in [0, 0.1) is 0 Å². The summed E-state index contributed by atoms with van der Waals surface area (Å²) in [4.78, 5) is 11.8. The highest BCUT2D eigenvalue weighted by Gasteiger charge is 2.56. The molecule has 4 N–H and O–H groups in total. The van der Waals surface area contributed by atoms with Gasteiger partial charge in [-0.1, -0.05) is 0 Å². The maximum absolute atomic E-state index is 10.4. The van der Waals surface area contributed by atoms with Crippen molar-refractivity contribution in [1.82, 2.24) is 15.0 Å². The van der Waals surface area contributed by atoms with Gasteiger partial charge in [0.2, 0.25) is 5.79 Å². The minimum atomic E-state index is -2.15. The third kappa shape index (κ3) is 1.83. The Morgan fingerprint density at radius 2 is 2.21 bits per heavy atom. The molecule has 3 rings (SSSR count). The van der Waals surface area contributed by atoms with E-state index in [-0.39, 0.29) is 5.01 Å². The molecule has 1 fully saturated rings. The number of hydrogen-bond acceptors (Lipinski definition) is 9. The first-order chi connectivity index (χ1) is 9.06. The lowest BCUT2D eigenvalue weighted by Crippen LogP contribution is -2.40. The van der Waals surface area contributed by atoms with Crippen LogP contribution in [0.5, 0.6) is 0 Å². The van der Waals surface area contributed by atoms with E-state index in [4.69, 9.17) is 9.84 Å². The van der Waals surface area contributed by atoms with Gasteiger partial charge in [-0.15, -0.1) is 11.3 Å². The minimum Gasteiger partial charge on any atom is -0.394 e. The summed E-state index contributed by atoms with van der Waals surface area (Å²) >= 11 is 1.05. The van der Waals surface area contributed by atoms with Crippen LogP contribution in [-0.2, 0) is 10.5 Å². The molecule has 2 aromatic heterocycles. The van der Waals surface area contributed by atoms with E-state index in [1.54, 1.807) is 0 Å². The molecule has 0 bridgehead atoms. The lowest BCUT2D eigenvalue weighted by atomic mass is 10.1. The summed E-state index contributed by atoms with van der Waals surface area (Å²) in [5, 5.41) is 39.0. The fraction of sp³-hybridized carbons (Fsp3) is 0.500. The Bertz CT molecular complexity index is 575. The number of thiazole rings is 1. The second-order valence-electron chi connectivity index (χ2n) is 4.20. The first-order valence-corrected chi connectivity index (χ1v) is 6.32. The summed E-state index contributed by atoms with van der Waals surface area (Å²) in [5.41, 5.74) is 0.362. The number of aromatic nitrogens is 3. The molecule has 8 nitrogen and oxygen atoms in total. The molecule has 102 valence electrons. The van der Waals surface area contributed by atoms with Gasteiger partial charge in [0.25, 0.3) is 0 Å². The van der Waals surface area contributed by atoms with Gasteiger partial charge in [0, 0.05) is 6.20 Å². The van der Waals surface area contributed by atoms with Gasteiger partial charge >= 0.3 is 0 Å². The van der Waals surface area contributed by atoms with Crippen molar-refractivity contribution in [1.29, 1.82) is 0 Å². The highest BCUT2D eigenvalue weighted by Crippen LogP contribution is 2.40. The van der Waals surface area contributed by atoms with Crippen LogP contribution >= 0.6 is 11.3 Å². The number of rotatable bonds is 2. The number of hydrogen-bond donors (Lipinski definition) is 4. The van der Waals surface area contributed by atoms with Gasteiger partial charge in [-0.2, -0.15) is 0 Å². The van der Waals surface area contributed by atoms with Crippen LogP contribution in [0.25, 0.3) is 10.3 Å². The quantitative estimate of drug-likeness (QED) is 0.516. The summed E-state index contributed by atoms with van der Waals surface area (Å²) in [5.74, 6) is -2.15. The molecule has 0 radical (unpaired) electrons. The number of aliphatic hydroxyl groups excluding tert-OH is 3. The topological polar surface area (TPSA) is 129 Å². The second-order valence-corrected chi connectivity index (χ2v) is 5.23. The zero-order valence-electron chi connectivity index (χ0n) is 9.54. The first-order valence-electron chi connectivity index (χ1n) is 5.50. The lowest BCUT2D eigenvalue weighted by Gasteiger charge is -2.22. The number of nitrogens with zero attached hydrogens (tertiary/aromatic N) is 3. The van der Waals surface area contributed by atoms with Crippen LogP contribution < -0.4 is 0 Å². The normalized spacial score (nSPS) is 35.1. The lowest BCUT2D eigenvalue weighted by molar-refractivity contribution is -0.239. The van der Waals surface area contributed by atoms with E-state index < -0.39 is 30.7 Å². The molecule has 0 unspecified atom stereocenters. The maximum atomic E-state index is 10.4. The molecule has 3 heterocycles. The maximum Gasteiger partial charge on any atom is 0.249 e. The Hall–Kier alpha value is -1.23. The van der Waals surface area contributed by atoms with Crippen molar-refractivity contribution >= 4 is 21.7 Å². The zero-order valence-corrected chi connectivity index (χ0v) is 10.4. The largest absolute Gasteiger partial charge is 0.394 e. The standard InChI is InChI=1S/C10H11N3O5S/c14-2-4-6(15)7(16)10(17,18-4)9-13-8-5(19-9)1-11-3-12-8/h1,3-4,6-7,14-17H,2H2/t4-,6-,7-,10+/m1/s1. The van der Waals surface area contributed by atoms with Crippen molar-refractivity contribution in [2.45, 2.75) is 24.1 Å². The monoisotopic (exact) mass is 285 g/mol. The summed E-state index contributed by atoms with van der Waals surface area (Å²) < 4.78 is 5.76. The van der Waals surface area contributed by atoms with Crippen LogP contribution in [0.15, 0.2) is 12.5 Å². The first kappa shape index (κ1) is 12.8. The van der Waals surface area contributed by atoms with Gasteiger partial charge < -0.3 is 25.2 Å². The Morgan fingerprint density at radius 3 is 2.84 bits per heavy atom. The molecule has 0 amide bonds. The minimum absolute atomic E-state index is 0.0606. The van der Waals surface area contributed by atoms with E-state index in [1.807, 2.05) is 0 Å². The Morgan fingerprint density at radius 1 is 1.42 bits per heavy atom. The Balaban J connectivity index is 2.04. The molecule has 0 saturated carbocycles. The summed E-state index contributed by atoms with van der Waals surface area (Å²) in [7, 11) is 0. The molecule has 1 aliphatic heterocycles. The molecule has 19 heavy (non-hydrogen) atoms. The van der Waals surface area contributed by atoms with E-state index in [2.05, 4.69) is 15.0 Å². The van der Waals surface area contributed by atoms with Gasteiger partial charge in [-0.25, -0.2) is 15.0 Å². The predicted octanol–water partition coefficient (Wildman–Crippen LogP) is -1.66. The van der Waals surface area contributed by atoms with Gasteiger partial charge in [-0.05, 0) is 0 Å². The van der Waals surface area contributed by atoms with E-state index in [0.29, 0.717) is 10.3 Å². The smallest absolute Gasteiger partial charge is 0.249 e. The third-order valence-electron chi connectivity index (χ3n) is 3.00. The summed E-state index contributed by atoms with van der Waals surface area (Å²) in [6.45, 7) is -0.523. The summed E-state index contributed by atoms with van der Waals surface area (Å²) in [6.07, 6.45) is -1.23. The van der Waals surface area contributed by atoms with E-state index in [9.17, 15) is 15.3 Å². The van der Waals surface area contributed by atoms with Crippen LogP contribution in [-0.4, -0.2) is 60.3 Å². The molecule has 0 spiro atoms. The van der Waals surface area contributed by atoms with E-state index >= 15 is 0 Å². The van der Waals surface area contributed by atoms with Crippen molar-refractivity contribution in [3.8, 4) is 0 Å². The molecular formula is C10H11N3O5S. The zero-order chi connectivity index (χ0) is 13.6. The molecule has 0 aliphatic carbocycles. The average Bonchev–Trinajstić information content (AvgIpc) is 2.95.